The second-order valence-electron chi connectivity index (χ2n) is 36.0. The van der Waals surface area contributed by atoms with Gasteiger partial charge in [0.25, 0.3) is 0 Å². The summed E-state index contributed by atoms with van der Waals surface area (Å²) < 4.78 is 0. The molecule has 0 atom stereocenters. The zero-order valence-electron chi connectivity index (χ0n) is 76.1. The Morgan fingerprint density at radius 3 is 0.312 bits per heavy atom. The molecule has 0 saturated heterocycles. The van der Waals surface area contributed by atoms with Gasteiger partial charge in [0, 0.05) is 0 Å². The van der Waals surface area contributed by atoms with Gasteiger partial charge in [0.2, 0.25) is 0 Å². The zero-order valence-corrected chi connectivity index (χ0v) is 76.1. The molecule has 26 aromatic carbocycles. The molecule has 0 unspecified atom stereocenters. The highest BCUT2D eigenvalue weighted by atomic mass is 14.2. The van der Waals surface area contributed by atoms with Crippen LogP contribution in [0, 0.1) is 0 Å². The van der Waals surface area contributed by atoms with E-state index in [0.29, 0.717) is 0 Å². The maximum Gasteiger partial charge on any atom is -0.00928 e. The summed E-state index contributed by atoms with van der Waals surface area (Å²) in [5, 5.41) is 23.4. The quantitative estimate of drug-likeness (QED) is 0.0952. The van der Waals surface area contributed by atoms with Crippen LogP contribution < -0.4 is 0 Å². The Labute approximate surface area is 804 Å². The van der Waals surface area contributed by atoms with Crippen LogP contribution in [0.1, 0.15) is 0 Å². The number of hydrogen-bond donors (Lipinski definition) is 0. The molecule has 0 aliphatic heterocycles. The van der Waals surface area contributed by atoms with Crippen molar-refractivity contribution < 1.29 is 0 Å². The van der Waals surface area contributed by atoms with E-state index < -0.39 is 0 Å². The summed E-state index contributed by atoms with van der Waals surface area (Å²) >= 11 is 0. The highest BCUT2D eigenvalue weighted by Crippen LogP contribution is 2.45. The summed E-state index contributed by atoms with van der Waals surface area (Å²) in [5.41, 5.74) is 34.2. The van der Waals surface area contributed by atoms with Gasteiger partial charge >= 0.3 is 0 Å². The molecule has 138 heavy (non-hydrogen) atoms. The summed E-state index contributed by atoms with van der Waals surface area (Å²) in [6.45, 7) is 0. The predicted octanol–water partition coefficient (Wildman–Crippen LogP) is 38.8. The molecule has 644 valence electrons. The van der Waals surface area contributed by atoms with Crippen LogP contribution in [-0.2, 0) is 0 Å². The van der Waals surface area contributed by atoms with Crippen molar-refractivity contribution in [3.8, 4) is 156 Å². The van der Waals surface area contributed by atoms with E-state index >= 15 is 0 Å². The van der Waals surface area contributed by atoms with E-state index in [1.165, 1.54) is 253 Å². The van der Waals surface area contributed by atoms with Crippen LogP contribution in [0.15, 0.2) is 558 Å². The first-order valence-corrected chi connectivity index (χ1v) is 47.7. The molecule has 0 aromatic heterocycles. The second-order valence-corrected chi connectivity index (χ2v) is 36.0. The van der Waals surface area contributed by atoms with Crippen molar-refractivity contribution >= 4 is 97.0 Å². The van der Waals surface area contributed by atoms with E-state index in [1.807, 2.05) is 0 Å². The van der Waals surface area contributed by atoms with Gasteiger partial charge in [0.1, 0.15) is 0 Å². The minimum atomic E-state index is 1.20. The van der Waals surface area contributed by atoms with Crippen molar-refractivity contribution in [3.05, 3.63) is 558 Å². The smallest absolute Gasteiger partial charge is 0.00928 e. The molecule has 0 heteroatoms. The number of rotatable bonds is 14. The number of benzene rings is 26. The van der Waals surface area contributed by atoms with Crippen molar-refractivity contribution in [2.75, 3.05) is 0 Å². The zero-order chi connectivity index (χ0) is 91.6. The predicted molar refractivity (Wildman–Crippen MR) is 593 cm³/mol. The Hall–Kier alpha value is -17.9. The Bertz CT molecular complexity index is 9010. The first-order chi connectivity index (χ1) is 68.4. The molecule has 0 amide bonds. The molecule has 26 rings (SSSR count). The second kappa shape index (κ2) is 36.9. The lowest BCUT2D eigenvalue weighted by atomic mass is 9.91. The van der Waals surface area contributed by atoms with Crippen LogP contribution in [0.25, 0.3) is 253 Å². The number of hydrogen-bond acceptors (Lipinski definition) is 0. The lowest BCUT2D eigenvalue weighted by Crippen LogP contribution is -1.86. The summed E-state index contributed by atoms with van der Waals surface area (Å²) in [5.74, 6) is 0. The minimum absolute atomic E-state index is 1.20. The van der Waals surface area contributed by atoms with Crippen molar-refractivity contribution in [1.29, 1.82) is 0 Å². The van der Waals surface area contributed by atoms with E-state index in [-0.39, 0.29) is 0 Å². The highest BCUT2D eigenvalue weighted by molar-refractivity contribution is 6.28. The Morgan fingerprint density at radius 2 is 0.145 bits per heavy atom. The van der Waals surface area contributed by atoms with Crippen LogP contribution in [0.4, 0.5) is 0 Å². The maximum atomic E-state index is 2.38. The molecule has 0 N–H and O–H groups in total. The topological polar surface area (TPSA) is 0 Å². The van der Waals surface area contributed by atoms with Crippen LogP contribution in [0.5, 0.6) is 0 Å². The van der Waals surface area contributed by atoms with Gasteiger partial charge in [-0.1, -0.05) is 479 Å². The fourth-order valence-electron chi connectivity index (χ4n) is 20.8. The van der Waals surface area contributed by atoms with Crippen molar-refractivity contribution in [1.82, 2.24) is 0 Å². The van der Waals surface area contributed by atoms with Gasteiger partial charge in [0.05, 0.1) is 0 Å². The first-order valence-electron chi connectivity index (χ1n) is 47.7. The Morgan fingerprint density at radius 1 is 0.0507 bits per heavy atom. The molecular weight excluding hydrogens is 1660 g/mol. The Kier molecular flexibility index (Phi) is 22.2. The van der Waals surface area contributed by atoms with Crippen LogP contribution in [0.3, 0.4) is 0 Å². The van der Waals surface area contributed by atoms with Gasteiger partial charge in [-0.3, -0.25) is 0 Å². The molecule has 26 aromatic rings. The van der Waals surface area contributed by atoms with E-state index in [9.17, 15) is 0 Å². The van der Waals surface area contributed by atoms with Crippen molar-refractivity contribution in [2.45, 2.75) is 0 Å². The molecule has 0 nitrogen and oxygen atoms in total. The molecule has 0 radical (unpaired) electrons. The fraction of sp³-hybridized carbons (Fsp3) is 0. The van der Waals surface area contributed by atoms with Gasteiger partial charge in [0.15, 0.2) is 0 Å². The monoisotopic (exact) mass is 1750 g/mol. The third-order valence-electron chi connectivity index (χ3n) is 27.7. The van der Waals surface area contributed by atoms with Gasteiger partial charge in [-0.25, -0.2) is 0 Å². The molecule has 0 saturated carbocycles. The van der Waals surface area contributed by atoms with Gasteiger partial charge in [-0.2, -0.15) is 0 Å². The summed E-state index contributed by atoms with van der Waals surface area (Å²) in [7, 11) is 0. The summed E-state index contributed by atoms with van der Waals surface area (Å²) in [6.07, 6.45) is 0. The third kappa shape index (κ3) is 16.5. The van der Waals surface area contributed by atoms with Crippen molar-refractivity contribution in [2.24, 2.45) is 0 Å². The van der Waals surface area contributed by atoms with E-state index in [2.05, 4.69) is 558 Å². The SMILES string of the molecule is c1ccc(-c2ccc(-c3cccc(-c4cccc(-c5ccc6c7ccccc7c7ccccc7c6c5)c4)c3)cc2)cc1.c1ccc(-c2cccc(-c3cccc(-c4cccc(-c5ccc6c7ccccc7c7ccccc7c6c5)c4)c3)c2)cc1.c1ccc(-c2cccc(-c3cccc(-c4cccc(-c5cccc(-c6cccc(-c7ccc8c9ccccc9c9ccccc9c8c7)c6)c5)c4)c3)c2)cc1. The molecular formula is C138H92. The molecule has 0 aliphatic rings. The molecule has 0 spiro atoms. The van der Waals surface area contributed by atoms with Gasteiger partial charge in [-0.05, 0) is 332 Å². The van der Waals surface area contributed by atoms with Gasteiger partial charge < -0.3 is 0 Å². The lowest BCUT2D eigenvalue weighted by molar-refractivity contribution is 1.56. The van der Waals surface area contributed by atoms with Crippen LogP contribution in [0.2, 0.25) is 0 Å². The minimum Gasteiger partial charge on any atom is -0.0622 e. The van der Waals surface area contributed by atoms with Gasteiger partial charge in [-0.15, -0.1) is 0 Å². The lowest BCUT2D eigenvalue weighted by Gasteiger charge is -2.13. The first kappa shape index (κ1) is 83.2. The van der Waals surface area contributed by atoms with Crippen molar-refractivity contribution in [3.63, 3.8) is 0 Å². The van der Waals surface area contributed by atoms with Crippen LogP contribution >= 0.6 is 0 Å². The maximum absolute atomic E-state index is 2.38. The van der Waals surface area contributed by atoms with E-state index in [0.717, 1.165) is 0 Å². The largest absolute Gasteiger partial charge is 0.0622 e. The highest BCUT2D eigenvalue weighted by Gasteiger charge is 2.18. The normalized spacial score (nSPS) is 11.3. The van der Waals surface area contributed by atoms with E-state index in [1.54, 1.807) is 0 Å². The number of fused-ring (bicyclic) bond motifs is 18. The standard InChI is InChI=1S/C54H36.2C42H28/c1-2-13-37(14-3-1)38-15-8-16-39(31-38)40-17-9-18-41(32-40)42-19-10-20-43(33-42)44-21-11-22-45(34-44)46-23-12-24-47(35-46)48-29-30-53-51-27-5-4-25-49(51)50-26-6-7-28-52(50)54(53)36-48;1-2-11-29(12-3-1)30-13-8-14-31(25-30)32-15-9-16-33(26-32)34-17-10-18-35(27-34)36-23-24-41-39-21-5-4-19-37(39)38-20-6-7-22-40(38)42(41)28-36;1-2-10-29(11-3-1)30-20-22-31(23-21-30)32-12-8-13-33(26-32)34-14-9-15-35(27-34)36-24-25-41-39-18-5-4-16-37(39)38-17-6-7-19-40(38)42(41)28-36/h1-36H;2*1-28H. The van der Waals surface area contributed by atoms with E-state index in [4.69, 9.17) is 0 Å². The summed E-state index contributed by atoms with van der Waals surface area (Å²) in [6, 6.07) is 203. The fourth-order valence-corrected chi connectivity index (χ4v) is 20.8. The third-order valence-corrected chi connectivity index (χ3v) is 27.7. The average Bonchev–Trinajstić information content (AvgIpc) is 0.747. The molecule has 0 fully saturated rings. The summed E-state index contributed by atoms with van der Waals surface area (Å²) in [4.78, 5) is 0. The molecule has 0 heterocycles. The molecule has 0 bridgehead atoms. The molecule has 0 aliphatic carbocycles. The average molecular weight is 1750 g/mol. The Balaban J connectivity index is 0.000000114. The van der Waals surface area contributed by atoms with Crippen LogP contribution in [-0.4, -0.2) is 0 Å².